The lowest BCUT2D eigenvalue weighted by Crippen LogP contribution is -2.38. The predicted molar refractivity (Wildman–Crippen MR) is 83.6 cm³/mol. The molecule has 1 aromatic heterocycles. The van der Waals surface area contributed by atoms with Gasteiger partial charge < -0.3 is 9.88 Å². The van der Waals surface area contributed by atoms with Crippen LogP contribution in [0.4, 0.5) is 0 Å². The summed E-state index contributed by atoms with van der Waals surface area (Å²) in [7, 11) is 0. The molecular weight excluding hydrogens is 278 g/mol. The van der Waals surface area contributed by atoms with Crippen molar-refractivity contribution >= 4 is 5.91 Å². The second-order valence-electron chi connectivity index (χ2n) is 5.73. The number of aryl methyl sites for hydroxylation is 1. The highest BCUT2D eigenvalue weighted by molar-refractivity contribution is 5.73. The van der Waals surface area contributed by atoms with Crippen LogP contribution in [0.1, 0.15) is 35.1 Å². The summed E-state index contributed by atoms with van der Waals surface area (Å²) in [5, 5.41) is 0. The molecule has 1 aromatic carbocycles. The number of aromatic amines is 1. The van der Waals surface area contributed by atoms with E-state index in [0.29, 0.717) is 37.3 Å². The average molecular weight is 297 g/mol. The van der Waals surface area contributed by atoms with Gasteiger partial charge in [0.2, 0.25) is 5.91 Å². The summed E-state index contributed by atoms with van der Waals surface area (Å²) in [5.41, 5.74) is 3.66. The number of amides is 1. The average Bonchev–Trinajstić information content (AvgIpc) is 2.49. The minimum atomic E-state index is -0.125. The number of carbonyl (C=O) groups is 1. The molecule has 5 heteroatoms. The van der Waals surface area contributed by atoms with Gasteiger partial charge in [0.25, 0.3) is 5.56 Å². The Hall–Kier alpha value is -2.43. The number of hydrogen-bond donors (Lipinski definition) is 1. The van der Waals surface area contributed by atoms with Crippen LogP contribution < -0.4 is 5.56 Å². The van der Waals surface area contributed by atoms with Gasteiger partial charge in [-0.25, -0.2) is 4.98 Å². The first-order valence-corrected chi connectivity index (χ1v) is 7.45. The van der Waals surface area contributed by atoms with Crippen molar-refractivity contribution in [1.29, 1.82) is 0 Å². The first-order chi connectivity index (χ1) is 10.5. The van der Waals surface area contributed by atoms with E-state index in [1.54, 1.807) is 4.90 Å². The molecule has 114 valence electrons. The van der Waals surface area contributed by atoms with Crippen LogP contribution in [0.25, 0.3) is 0 Å². The number of aromatic nitrogens is 2. The van der Waals surface area contributed by atoms with E-state index in [0.717, 1.165) is 11.3 Å². The Bertz CT molecular complexity index is 780. The lowest BCUT2D eigenvalue weighted by molar-refractivity contribution is -0.129. The number of rotatable bonds is 2. The van der Waals surface area contributed by atoms with Gasteiger partial charge in [-0.1, -0.05) is 24.3 Å². The number of fused-ring (bicyclic) bond motifs is 1. The van der Waals surface area contributed by atoms with Crippen molar-refractivity contribution in [3.05, 3.63) is 62.8 Å². The lowest BCUT2D eigenvalue weighted by atomic mass is 10.0. The Morgan fingerprint density at radius 2 is 2.14 bits per heavy atom. The fourth-order valence-corrected chi connectivity index (χ4v) is 2.82. The first-order valence-electron chi connectivity index (χ1n) is 7.45. The van der Waals surface area contributed by atoms with E-state index in [1.165, 1.54) is 12.5 Å². The van der Waals surface area contributed by atoms with Crippen LogP contribution in [0, 0.1) is 6.92 Å². The van der Waals surface area contributed by atoms with E-state index in [-0.39, 0.29) is 11.5 Å². The number of nitrogens with one attached hydrogen (secondary N) is 1. The summed E-state index contributed by atoms with van der Waals surface area (Å²) in [6.07, 6.45) is 1.26. The molecule has 0 unspecified atom stereocenters. The van der Waals surface area contributed by atoms with Crippen LogP contribution in [-0.4, -0.2) is 27.3 Å². The molecule has 1 aliphatic heterocycles. The zero-order valence-electron chi connectivity index (χ0n) is 12.8. The Kier molecular flexibility index (Phi) is 3.79. The molecule has 1 N–H and O–H groups in total. The lowest BCUT2D eigenvalue weighted by Gasteiger charge is -2.26. The normalized spacial score (nSPS) is 13.8. The highest BCUT2D eigenvalue weighted by Crippen LogP contribution is 2.16. The van der Waals surface area contributed by atoms with Crippen LogP contribution in [0.15, 0.2) is 29.1 Å². The SMILES string of the molecule is CC(=O)N1CCc2nc(Cc3ccccc3C)[nH]c(=O)c2C1. The highest BCUT2D eigenvalue weighted by atomic mass is 16.2. The summed E-state index contributed by atoms with van der Waals surface area (Å²) in [6.45, 7) is 4.57. The van der Waals surface area contributed by atoms with Gasteiger partial charge in [-0.3, -0.25) is 9.59 Å². The van der Waals surface area contributed by atoms with E-state index in [1.807, 2.05) is 18.2 Å². The molecule has 0 radical (unpaired) electrons. The van der Waals surface area contributed by atoms with Gasteiger partial charge in [0, 0.05) is 26.3 Å². The van der Waals surface area contributed by atoms with Gasteiger partial charge >= 0.3 is 0 Å². The molecule has 1 aliphatic rings. The predicted octanol–water partition coefficient (Wildman–Crippen LogP) is 1.57. The molecule has 0 fully saturated rings. The summed E-state index contributed by atoms with van der Waals surface area (Å²) in [5.74, 6) is 0.684. The molecule has 22 heavy (non-hydrogen) atoms. The van der Waals surface area contributed by atoms with Crippen LogP contribution in [0.5, 0.6) is 0 Å². The van der Waals surface area contributed by atoms with Gasteiger partial charge in [-0.05, 0) is 18.1 Å². The maximum absolute atomic E-state index is 12.3. The van der Waals surface area contributed by atoms with Gasteiger partial charge in [0.1, 0.15) is 5.82 Å². The molecule has 0 saturated heterocycles. The van der Waals surface area contributed by atoms with Crippen LogP contribution in [0.3, 0.4) is 0 Å². The Morgan fingerprint density at radius 1 is 1.36 bits per heavy atom. The smallest absolute Gasteiger partial charge is 0.256 e. The van der Waals surface area contributed by atoms with Crippen molar-refractivity contribution in [3.8, 4) is 0 Å². The third-order valence-corrected chi connectivity index (χ3v) is 4.18. The van der Waals surface area contributed by atoms with E-state index in [9.17, 15) is 9.59 Å². The van der Waals surface area contributed by atoms with Crippen LogP contribution >= 0.6 is 0 Å². The molecule has 1 amide bonds. The third kappa shape index (κ3) is 2.79. The minimum Gasteiger partial charge on any atom is -0.338 e. The summed E-state index contributed by atoms with van der Waals surface area (Å²) >= 11 is 0. The number of H-pyrrole nitrogens is 1. The van der Waals surface area contributed by atoms with Crippen molar-refractivity contribution in [1.82, 2.24) is 14.9 Å². The number of hydrogen-bond acceptors (Lipinski definition) is 3. The van der Waals surface area contributed by atoms with Crippen LogP contribution in [-0.2, 0) is 24.2 Å². The van der Waals surface area contributed by atoms with E-state index < -0.39 is 0 Å². The fourth-order valence-electron chi connectivity index (χ4n) is 2.82. The minimum absolute atomic E-state index is 0.00552. The largest absolute Gasteiger partial charge is 0.338 e. The maximum Gasteiger partial charge on any atom is 0.256 e. The molecule has 0 bridgehead atoms. The fraction of sp³-hybridized carbons (Fsp3) is 0.353. The second kappa shape index (κ2) is 5.75. The number of carbonyl (C=O) groups excluding carboxylic acids is 1. The third-order valence-electron chi connectivity index (χ3n) is 4.18. The van der Waals surface area contributed by atoms with Gasteiger partial charge in [0.05, 0.1) is 17.8 Å². The first kappa shape index (κ1) is 14.5. The molecule has 0 aliphatic carbocycles. The molecule has 2 aromatic rings. The number of nitrogens with zero attached hydrogens (tertiary/aromatic N) is 2. The zero-order valence-corrected chi connectivity index (χ0v) is 12.8. The Balaban J connectivity index is 1.91. The van der Waals surface area contributed by atoms with Crippen molar-refractivity contribution in [2.45, 2.75) is 33.2 Å². The molecule has 0 saturated carbocycles. The Labute approximate surface area is 129 Å². The second-order valence-corrected chi connectivity index (χ2v) is 5.73. The van der Waals surface area contributed by atoms with Gasteiger partial charge in [0.15, 0.2) is 0 Å². The standard InChI is InChI=1S/C17H19N3O2/c1-11-5-3-4-6-13(11)9-16-18-15-7-8-20(12(2)21)10-14(15)17(22)19-16/h3-6H,7-10H2,1-2H3,(H,18,19,22). The molecule has 3 rings (SSSR count). The molecule has 5 nitrogen and oxygen atoms in total. The molecule has 0 atom stereocenters. The zero-order chi connectivity index (χ0) is 15.7. The highest BCUT2D eigenvalue weighted by Gasteiger charge is 2.22. The van der Waals surface area contributed by atoms with Crippen LogP contribution in [0.2, 0.25) is 0 Å². The quantitative estimate of drug-likeness (QED) is 0.915. The monoisotopic (exact) mass is 297 g/mol. The topological polar surface area (TPSA) is 66.1 Å². The summed E-state index contributed by atoms with van der Waals surface area (Å²) in [6, 6.07) is 8.09. The van der Waals surface area contributed by atoms with Crippen molar-refractivity contribution < 1.29 is 4.79 Å². The molecule has 0 spiro atoms. The Morgan fingerprint density at radius 3 is 2.86 bits per heavy atom. The maximum atomic E-state index is 12.3. The van der Waals surface area contributed by atoms with E-state index in [4.69, 9.17) is 0 Å². The van der Waals surface area contributed by atoms with E-state index >= 15 is 0 Å². The van der Waals surface area contributed by atoms with Crippen molar-refractivity contribution in [3.63, 3.8) is 0 Å². The summed E-state index contributed by atoms with van der Waals surface area (Å²) in [4.78, 5) is 32.9. The van der Waals surface area contributed by atoms with E-state index in [2.05, 4.69) is 23.0 Å². The van der Waals surface area contributed by atoms with Crippen molar-refractivity contribution in [2.24, 2.45) is 0 Å². The number of benzene rings is 1. The van der Waals surface area contributed by atoms with Gasteiger partial charge in [-0.2, -0.15) is 0 Å². The summed E-state index contributed by atoms with van der Waals surface area (Å²) < 4.78 is 0. The van der Waals surface area contributed by atoms with Gasteiger partial charge in [-0.15, -0.1) is 0 Å². The molecular formula is C17H19N3O2. The van der Waals surface area contributed by atoms with Crippen molar-refractivity contribution in [2.75, 3.05) is 6.54 Å². The molecule has 2 heterocycles.